The molecule has 0 amide bonds. The predicted octanol–water partition coefficient (Wildman–Crippen LogP) is 10.6. The van der Waals surface area contributed by atoms with Gasteiger partial charge in [0.1, 0.15) is 45.6 Å². The van der Waals surface area contributed by atoms with Crippen molar-refractivity contribution in [2.24, 2.45) is 0 Å². The SMILES string of the molecule is CC(C)(c1ccc(O)cc1)c1ccc(OC(=O)c2ccccc2OC(=O)CCCCCC(=O)Oc2ccccc2C(=O)Oc2ccc(C(C)(C)c3ccc(O)cc3)cc2)cc1. The molecule has 6 aromatic rings. The minimum absolute atomic E-state index is 0.0562. The van der Waals surface area contributed by atoms with Gasteiger partial charge in [0.05, 0.1) is 0 Å². The van der Waals surface area contributed by atoms with Crippen molar-refractivity contribution < 1.29 is 48.3 Å². The van der Waals surface area contributed by atoms with Crippen LogP contribution in [0.25, 0.3) is 0 Å². The van der Waals surface area contributed by atoms with Crippen molar-refractivity contribution in [1.29, 1.82) is 0 Å². The zero-order valence-electron chi connectivity index (χ0n) is 34.6. The first-order valence-corrected chi connectivity index (χ1v) is 20.0. The number of ether oxygens (including phenoxy) is 4. The first-order valence-electron chi connectivity index (χ1n) is 20.0. The summed E-state index contributed by atoms with van der Waals surface area (Å²) in [4.78, 5) is 51.9. The first kappa shape index (κ1) is 43.4. The lowest BCUT2D eigenvalue weighted by Gasteiger charge is -2.26. The summed E-state index contributed by atoms with van der Waals surface area (Å²) in [5, 5.41) is 19.3. The quantitative estimate of drug-likeness (QED) is 0.0549. The van der Waals surface area contributed by atoms with Crippen LogP contribution in [-0.4, -0.2) is 34.1 Å². The molecule has 10 heteroatoms. The molecule has 0 heterocycles. The van der Waals surface area contributed by atoms with E-state index < -0.39 is 23.9 Å². The summed E-state index contributed by atoms with van der Waals surface area (Å²) in [6, 6.07) is 41.1. The van der Waals surface area contributed by atoms with E-state index in [0.717, 1.165) is 22.3 Å². The Morgan fingerprint density at radius 3 is 1.07 bits per heavy atom. The molecular formula is C51H48O10. The van der Waals surface area contributed by atoms with E-state index in [1.54, 1.807) is 72.8 Å². The number of para-hydroxylation sites is 2. The summed E-state index contributed by atoms with van der Waals surface area (Å²) >= 11 is 0. The molecule has 0 unspecified atom stereocenters. The number of hydrogen-bond donors (Lipinski definition) is 2. The van der Waals surface area contributed by atoms with Gasteiger partial charge in [0.15, 0.2) is 0 Å². The van der Waals surface area contributed by atoms with Crippen molar-refractivity contribution in [3.8, 4) is 34.5 Å². The van der Waals surface area contributed by atoms with E-state index in [2.05, 4.69) is 27.7 Å². The molecule has 0 fully saturated rings. The second-order valence-corrected chi connectivity index (χ2v) is 15.7. The third-order valence-corrected chi connectivity index (χ3v) is 10.7. The van der Waals surface area contributed by atoms with Crippen LogP contribution in [0.5, 0.6) is 34.5 Å². The molecule has 0 aliphatic heterocycles. The van der Waals surface area contributed by atoms with Crippen molar-refractivity contribution in [2.75, 3.05) is 0 Å². The van der Waals surface area contributed by atoms with Gasteiger partial charge in [0.2, 0.25) is 0 Å². The van der Waals surface area contributed by atoms with E-state index in [0.29, 0.717) is 30.8 Å². The number of phenols is 2. The molecule has 6 rings (SSSR count). The Bertz CT molecular complexity index is 2290. The molecule has 0 bridgehead atoms. The van der Waals surface area contributed by atoms with Crippen LogP contribution in [0.1, 0.15) is 103 Å². The van der Waals surface area contributed by atoms with Gasteiger partial charge in [-0.05, 0) is 108 Å². The summed E-state index contributed by atoms with van der Waals surface area (Å²) in [5.74, 6) is -1.23. The Morgan fingerprint density at radius 2 is 0.721 bits per heavy atom. The highest BCUT2D eigenvalue weighted by Crippen LogP contribution is 2.35. The van der Waals surface area contributed by atoms with Gasteiger partial charge in [-0.1, -0.05) is 107 Å². The Kier molecular flexibility index (Phi) is 13.7. The summed E-state index contributed by atoms with van der Waals surface area (Å²) in [5.41, 5.74) is 3.46. The topological polar surface area (TPSA) is 146 Å². The standard InChI is InChI=1S/C51H48O10/c1-50(2,34-18-26-38(52)27-19-34)36-22-30-40(31-23-36)58-48(56)42-12-8-10-14-44(42)60-46(54)16-6-5-7-17-47(55)61-45-15-11-9-13-43(45)49(57)59-41-32-24-37(25-33-41)51(3,4)35-20-28-39(53)29-21-35/h8-15,18-33,52-53H,5-7,16-17H2,1-4H3. The molecule has 10 nitrogen and oxygen atoms in total. The van der Waals surface area contributed by atoms with Crippen molar-refractivity contribution in [3.05, 3.63) is 179 Å². The summed E-state index contributed by atoms with van der Waals surface area (Å²) in [6.07, 6.45) is 1.50. The number of hydrogen-bond acceptors (Lipinski definition) is 10. The summed E-state index contributed by atoms with van der Waals surface area (Å²) in [6.45, 7) is 8.25. The molecular weight excluding hydrogens is 773 g/mol. The van der Waals surface area contributed by atoms with Gasteiger partial charge in [-0.15, -0.1) is 0 Å². The third kappa shape index (κ3) is 11.1. The van der Waals surface area contributed by atoms with Gasteiger partial charge < -0.3 is 29.2 Å². The van der Waals surface area contributed by atoms with Crippen LogP contribution in [0.4, 0.5) is 0 Å². The molecule has 0 aliphatic rings. The van der Waals surface area contributed by atoms with Crippen molar-refractivity contribution in [2.45, 2.75) is 70.6 Å². The van der Waals surface area contributed by atoms with Crippen molar-refractivity contribution in [1.82, 2.24) is 0 Å². The first-order chi connectivity index (χ1) is 29.2. The molecule has 0 aromatic heterocycles. The van der Waals surface area contributed by atoms with Crippen LogP contribution in [0.3, 0.4) is 0 Å². The van der Waals surface area contributed by atoms with Gasteiger partial charge in [-0.25, -0.2) is 9.59 Å². The van der Waals surface area contributed by atoms with Gasteiger partial charge in [0, 0.05) is 23.7 Å². The second-order valence-electron chi connectivity index (χ2n) is 15.7. The summed E-state index contributed by atoms with van der Waals surface area (Å²) in [7, 11) is 0. The summed E-state index contributed by atoms with van der Waals surface area (Å²) < 4.78 is 22.4. The van der Waals surface area contributed by atoms with Gasteiger partial charge in [-0.2, -0.15) is 0 Å². The van der Waals surface area contributed by atoms with Crippen LogP contribution in [0.15, 0.2) is 146 Å². The van der Waals surface area contributed by atoms with Crippen LogP contribution >= 0.6 is 0 Å². The van der Waals surface area contributed by atoms with E-state index in [-0.39, 0.29) is 57.8 Å². The highest BCUT2D eigenvalue weighted by Gasteiger charge is 2.25. The van der Waals surface area contributed by atoms with Crippen LogP contribution in [0.2, 0.25) is 0 Å². The largest absolute Gasteiger partial charge is 0.508 e. The molecule has 0 radical (unpaired) electrons. The molecule has 61 heavy (non-hydrogen) atoms. The fraction of sp³-hybridized carbons (Fsp3) is 0.216. The highest BCUT2D eigenvalue weighted by atomic mass is 16.6. The number of carbonyl (C=O) groups excluding carboxylic acids is 4. The third-order valence-electron chi connectivity index (χ3n) is 10.7. The molecule has 6 aromatic carbocycles. The number of esters is 4. The zero-order chi connectivity index (χ0) is 43.6. The number of benzene rings is 6. The van der Waals surface area contributed by atoms with E-state index in [1.807, 2.05) is 48.5 Å². The molecule has 312 valence electrons. The number of rotatable bonds is 16. The number of aromatic hydroxyl groups is 2. The van der Waals surface area contributed by atoms with Crippen molar-refractivity contribution in [3.63, 3.8) is 0 Å². The minimum atomic E-state index is -0.678. The van der Waals surface area contributed by atoms with Gasteiger partial charge in [-0.3, -0.25) is 9.59 Å². The highest BCUT2D eigenvalue weighted by molar-refractivity contribution is 5.95. The Labute approximate surface area is 355 Å². The van der Waals surface area contributed by atoms with Crippen LogP contribution in [-0.2, 0) is 20.4 Å². The zero-order valence-corrected chi connectivity index (χ0v) is 34.6. The van der Waals surface area contributed by atoms with Crippen molar-refractivity contribution >= 4 is 23.9 Å². The number of carbonyl (C=O) groups is 4. The Balaban J connectivity index is 0.940. The van der Waals surface area contributed by atoms with Crippen LogP contribution < -0.4 is 18.9 Å². The smallest absolute Gasteiger partial charge is 0.347 e. The molecule has 0 saturated carbocycles. The van der Waals surface area contributed by atoms with E-state index >= 15 is 0 Å². The lowest BCUT2D eigenvalue weighted by molar-refractivity contribution is -0.134. The average molecular weight is 821 g/mol. The maximum absolute atomic E-state index is 13.2. The number of unbranched alkanes of at least 4 members (excludes halogenated alkanes) is 2. The maximum Gasteiger partial charge on any atom is 0.347 e. The van der Waals surface area contributed by atoms with E-state index in [1.165, 1.54) is 24.3 Å². The average Bonchev–Trinajstić information content (AvgIpc) is 3.24. The second kappa shape index (κ2) is 19.2. The predicted molar refractivity (Wildman–Crippen MR) is 231 cm³/mol. The lowest BCUT2D eigenvalue weighted by Crippen LogP contribution is -2.18. The molecule has 0 atom stereocenters. The van der Waals surface area contributed by atoms with E-state index in [4.69, 9.17) is 18.9 Å². The normalized spacial score (nSPS) is 11.3. The number of phenolic OH excluding ortho intramolecular Hbond substituents is 2. The maximum atomic E-state index is 13.2. The Morgan fingerprint density at radius 1 is 0.410 bits per heavy atom. The Hall–Kier alpha value is -7.20. The molecule has 0 spiro atoms. The minimum Gasteiger partial charge on any atom is -0.508 e. The fourth-order valence-corrected chi connectivity index (χ4v) is 6.80. The fourth-order valence-electron chi connectivity index (χ4n) is 6.80. The van der Waals surface area contributed by atoms with Crippen LogP contribution in [0, 0.1) is 0 Å². The van der Waals surface area contributed by atoms with E-state index in [9.17, 15) is 29.4 Å². The molecule has 2 N–H and O–H groups in total. The monoisotopic (exact) mass is 820 g/mol. The van der Waals surface area contributed by atoms with Gasteiger partial charge in [0.25, 0.3) is 0 Å². The van der Waals surface area contributed by atoms with Gasteiger partial charge >= 0.3 is 23.9 Å². The molecule has 0 saturated heterocycles. The lowest BCUT2D eigenvalue weighted by atomic mass is 9.78. The molecule has 0 aliphatic carbocycles.